The smallest absolute Gasteiger partial charge is 0.383 e. The Kier molecular flexibility index (Phi) is 10.6. The minimum Gasteiger partial charge on any atom is -0.383 e. The molecule has 132 valence electrons. The monoisotopic (exact) mass is 354 g/mol. The molecule has 0 aromatic heterocycles. The molecule has 2 N–H and O–H groups in total. The number of amides is 1. The van der Waals surface area contributed by atoms with Gasteiger partial charge in [0.05, 0.1) is 12.5 Å². The van der Waals surface area contributed by atoms with Crippen molar-refractivity contribution in [2.24, 2.45) is 0 Å². The second-order valence-electron chi connectivity index (χ2n) is 4.80. The van der Waals surface area contributed by atoms with Crippen LogP contribution in [0.2, 0.25) is 0 Å². The Morgan fingerprint density at radius 3 is 2.39 bits per heavy atom. The van der Waals surface area contributed by atoms with Crippen LogP contribution in [0.5, 0.6) is 0 Å². The van der Waals surface area contributed by atoms with Gasteiger partial charge < -0.3 is 15.4 Å². The number of carbonyl (C=O) groups excluding carboxylic acids is 1. The van der Waals surface area contributed by atoms with E-state index in [1.54, 1.807) is 13.2 Å². The summed E-state index contributed by atoms with van der Waals surface area (Å²) in [6, 6.07) is 7.48. The Labute approximate surface area is 140 Å². The minimum atomic E-state index is -4.45. The SMILES string of the molecule is COCCNCCNC(=O)CC(c1ccccc1)C(F)(F)F.Cl. The first-order chi connectivity index (χ1) is 10.4. The molecule has 8 heteroatoms. The van der Waals surface area contributed by atoms with E-state index in [0.29, 0.717) is 19.7 Å². The fourth-order valence-electron chi connectivity index (χ4n) is 1.96. The van der Waals surface area contributed by atoms with Crippen molar-refractivity contribution in [3.8, 4) is 0 Å². The Morgan fingerprint density at radius 1 is 1.17 bits per heavy atom. The van der Waals surface area contributed by atoms with Gasteiger partial charge >= 0.3 is 6.18 Å². The standard InChI is InChI=1S/C15H21F3N2O2.ClH/c1-22-10-9-19-7-8-20-14(21)11-13(15(16,17)18)12-5-3-2-4-6-12;/h2-6,13,19H,7-11H2,1H3,(H,20,21);1H. The van der Waals surface area contributed by atoms with Crippen LogP contribution in [0.1, 0.15) is 17.9 Å². The number of benzene rings is 1. The molecule has 1 amide bonds. The van der Waals surface area contributed by atoms with E-state index in [0.717, 1.165) is 0 Å². The zero-order chi connectivity index (χ0) is 16.4. The summed E-state index contributed by atoms with van der Waals surface area (Å²) in [6.45, 7) is 1.93. The van der Waals surface area contributed by atoms with Gasteiger partial charge in [-0.15, -0.1) is 12.4 Å². The van der Waals surface area contributed by atoms with Crippen LogP contribution in [0, 0.1) is 0 Å². The van der Waals surface area contributed by atoms with Gasteiger partial charge in [0, 0.05) is 33.2 Å². The van der Waals surface area contributed by atoms with Crippen LogP contribution >= 0.6 is 12.4 Å². The molecule has 0 bridgehead atoms. The van der Waals surface area contributed by atoms with Gasteiger partial charge in [-0.05, 0) is 5.56 Å². The molecule has 0 aliphatic rings. The molecule has 1 atom stereocenters. The lowest BCUT2D eigenvalue weighted by molar-refractivity contribution is -0.157. The van der Waals surface area contributed by atoms with Crippen molar-refractivity contribution >= 4 is 18.3 Å². The first-order valence-corrected chi connectivity index (χ1v) is 7.03. The lowest BCUT2D eigenvalue weighted by Gasteiger charge is -2.20. The first-order valence-electron chi connectivity index (χ1n) is 7.03. The summed E-state index contributed by atoms with van der Waals surface area (Å²) in [5.74, 6) is -2.39. The summed E-state index contributed by atoms with van der Waals surface area (Å²) < 4.78 is 44.1. The Bertz CT molecular complexity index is 444. The van der Waals surface area contributed by atoms with Gasteiger partial charge in [0.15, 0.2) is 0 Å². The lowest BCUT2D eigenvalue weighted by atomic mass is 9.95. The maximum Gasteiger partial charge on any atom is 0.396 e. The molecule has 1 aromatic carbocycles. The summed E-state index contributed by atoms with van der Waals surface area (Å²) >= 11 is 0. The number of alkyl halides is 3. The highest BCUT2D eigenvalue weighted by Crippen LogP contribution is 2.37. The molecule has 0 saturated heterocycles. The molecular formula is C15H22ClF3N2O2. The van der Waals surface area contributed by atoms with Crippen molar-refractivity contribution in [3.63, 3.8) is 0 Å². The minimum absolute atomic E-state index is 0. The highest BCUT2D eigenvalue weighted by Gasteiger charge is 2.41. The van der Waals surface area contributed by atoms with Crippen molar-refractivity contribution in [2.75, 3.05) is 33.4 Å². The van der Waals surface area contributed by atoms with Crippen LogP contribution in [-0.2, 0) is 9.53 Å². The predicted molar refractivity (Wildman–Crippen MR) is 84.9 cm³/mol. The molecule has 1 aromatic rings. The Hall–Kier alpha value is -1.31. The van der Waals surface area contributed by atoms with Crippen LogP contribution < -0.4 is 10.6 Å². The third-order valence-corrected chi connectivity index (χ3v) is 3.09. The van der Waals surface area contributed by atoms with Crippen molar-refractivity contribution in [2.45, 2.75) is 18.5 Å². The van der Waals surface area contributed by atoms with Gasteiger partial charge in [-0.25, -0.2) is 0 Å². The molecule has 1 unspecified atom stereocenters. The third-order valence-electron chi connectivity index (χ3n) is 3.09. The molecule has 0 fully saturated rings. The molecule has 4 nitrogen and oxygen atoms in total. The Balaban J connectivity index is 0.00000484. The molecule has 23 heavy (non-hydrogen) atoms. The maximum absolute atomic E-state index is 13.1. The first kappa shape index (κ1) is 21.7. The summed E-state index contributed by atoms with van der Waals surface area (Å²) in [5, 5.41) is 5.48. The second-order valence-corrected chi connectivity index (χ2v) is 4.80. The zero-order valence-corrected chi connectivity index (χ0v) is 13.7. The molecule has 0 aliphatic heterocycles. The number of halogens is 4. The van der Waals surface area contributed by atoms with Gasteiger partial charge in [-0.1, -0.05) is 30.3 Å². The number of methoxy groups -OCH3 is 1. The zero-order valence-electron chi connectivity index (χ0n) is 12.9. The molecule has 1 rings (SSSR count). The fraction of sp³-hybridized carbons (Fsp3) is 0.533. The van der Waals surface area contributed by atoms with E-state index in [2.05, 4.69) is 10.6 Å². The molecule has 0 radical (unpaired) electrons. The van der Waals surface area contributed by atoms with Gasteiger partial charge in [0.2, 0.25) is 5.91 Å². The predicted octanol–water partition coefficient (Wildman–Crippen LogP) is 2.50. The number of rotatable bonds is 9. The van der Waals surface area contributed by atoms with E-state index in [1.165, 1.54) is 24.3 Å². The van der Waals surface area contributed by atoms with Crippen LogP contribution in [0.3, 0.4) is 0 Å². The lowest BCUT2D eigenvalue weighted by Crippen LogP contribution is -2.35. The molecular weight excluding hydrogens is 333 g/mol. The van der Waals surface area contributed by atoms with Gasteiger partial charge in [-0.3, -0.25) is 4.79 Å². The summed E-state index contributed by atoms with van der Waals surface area (Å²) in [5.41, 5.74) is 0.100. The van der Waals surface area contributed by atoms with Gasteiger partial charge in [-0.2, -0.15) is 13.2 Å². The van der Waals surface area contributed by atoms with Crippen LogP contribution in [0.15, 0.2) is 30.3 Å². The van der Waals surface area contributed by atoms with Crippen LogP contribution in [-0.4, -0.2) is 45.4 Å². The topological polar surface area (TPSA) is 50.4 Å². The van der Waals surface area contributed by atoms with Crippen LogP contribution in [0.4, 0.5) is 13.2 Å². The van der Waals surface area contributed by atoms with Gasteiger partial charge in [0.1, 0.15) is 0 Å². The summed E-state index contributed by atoms with van der Waals surface area (Å²) in [4.78, 5) is 11.7. The highest BCUT2D eigenvalue weighted by atomic mass is 35.5. The number of carbonyl (C=O) groups is 1. The van der Waals surface area contributed by atoms with Crippen molar-refractivity contribution in [3.05, 3.63) is 35.9 Å². The molecule has 0 saturated carbocycles. The number of hydrogen-bond donors (Lipinski definition) is 2. The summed E-state index contributed by atoms with van der Waals surface area (Å²) in [7, 11) is 1.57. The maximum atomic E-state index is 13.1. The highest BCUT2D eigenvalue weighted by molar-refractivity contribution is 5.85. The van der Waals surface area contributed by atoms with Crippen molar-refractivity contribution in [1.82, 2.24) is 10.6 Å². The van der Waals surface area contributed by atoms with Crippen molar-refractivity contribution < 1.29 is 22.7 Å². The third kappa shape index (κ3) is 8.78. The van der Waals surface area contributed by atoms with Crippen LogP contribution in [0.25, 0.3) is 0 Å². The van der Waals surface area contributed by atoms with E-state index in [1.807, 2.05) is 0 Å². The second kappa shape index (κ2) is 11.3. The van der Waals surface area contributed by atoms with Gasteiger partial charge in [0.25, 0.3) is 0 Å². The average Bonchev–Trinajstić information content (AvgIpc) is 2.48. The number of nitrogens with one attached hydrogen (secondary N) is 2. The van der Waals surface area contributed by atoms with E-state index in [-0.39, 0.29) is 24.5 Å². The molecule has 0 spiro atoms. The molecule has 0 heterocycles. The van der Waals surface area contributed by atoms with E-state index in [4.69, 9.17) is 4.74 Å². The van der Waals surface area contributed by atoms with E-state index >= 15 is 0 Å². The van der Waals surface area contributed by atoms with E-state index < -0.39 is 24.4 Å². The number of hydrogen-bond acceptors (Lipinski definition) is 3. The number of ether oxygens (including phenoxy) is 1. The quantitative estimate of drug-likeness (QED) is 0.670. The van der Waals surface area contributed by atoms with E-state index in [9.17, 15) is 18.0 Å². The average molecular weight is 355 g/mol. The van der Waals surface area contributed by atoms with Crippen molar-refractivity contribution in [1.29, 1.82) is 0 Å². The Morgan fingerprint density at radius 2 is 1.83 bits per heavy atom. The summed E-state index contributed by atoms with van der Waals surface area (Å²) in [6.07, 6.45) is -5.05. The fourth-order valence-corrected chi connectivity index (χ4v) is 1.96. The molecule has 0 aliphatic carbocycles. The largest absolute Gasteiger partial charge is 0.396 e. The normalized spacial score (nSPS) is 12.3.